The lowest BCUT2D eigenvalue weighted by molar-refractivity contribution is -0.384. The zero-order valence-electron chi connectivity index (χ0n) is 15.7. The number of fused-ring (bicyclic) bond motifs is 1. The largest absolute Gasteiger partial charge is 0.497 e. The summed E-state index contributed by atoms with van der Waals surface area (Å²) < 4.78 is 10.8. The Labute approximate surface area is 161 Å². The lowest BCUT2D eigenvalue weighted by atomic mass is 9.91. The molecule has 1 atom stereocenters. The fraction of sp³-hybridized carbons (Fsp3) is 0.368. The van der Waals surface area contributed by atoms with E-state index >= 15 is 0 Å². The van der Waals surface area contributed by atoms with Gasteiger partial charge in [-0.2, -0.15) is 10.2 Å². The van der Waals surface area contributed by atoms with E-state index in [2.05, 4.69) is 20.4 Å². The highest BCUT2D eigenvalue weighted by Crippen LogP contribution is 2.38. The van der Waals surface area contributed by atoms with Crippen LogP contribution < -0.4 is 9.47 Å². The number of nitrogens with zero attached hydrogens (tertiary/aromatic N) is 3. The van der Waals surface area contributed by atoms with Gasteiger partial charge in [-0.25, -0.2) is 0 Å². The highest BCUT2D eigenvalue weighted by molar-refractivity contribution is 5.69. The molecule has 3 aromatic rings. The molecule has 1 aromatic carbocycles. The summed E-state index contributed by atoms with van der Waals surface area (Å²) in [6.45, 7) is 0. The predicted octanol–water partition coefficient (Wildman–Crippen LogP) is 3.39. The molecule has 9 heteroatoms. The number of hydrogen-bond acceptors (Lipinski definition) is 6. The number of benzene rings is 1. The predicted molar refractivity (Wildman–Crippen MR) is 102 cm³/mol. The van der Waals surface area contributed by atoms with Crippen molar-refractivity contribution in [3.63, 3.8) is 0 Å². The second kappa shape index (κ2) is 7.34. The maximum absolute atomic E-state index is 11.3. The standard InChI is InChI=1S/C19H21N5O4/c1-27-13-6-12(7-14(9-13)28-2)11-4-3-5-15-16(8-11)21-23-18(15)19-17(24(25)26)10-20-22-19/h6-7,9-11H,3-5,8H2,1-2H3,(H,20,22)(H,21,23). The van der Waals surface area contributed by atoms with Crippen molar-refractivity contribution in [3.05, 3.63) is 51.3 Å². The molecule has 0 saturated heterocycles. The fourth-order valence-corrected chi connectivity index (χ4v) is 3.86. The molecule has 4 rings (SSSR count). The maximum atomic E-state index is 11.3. The molecule has 0 bridgehead atoms. The van der Waals surface area contributed by atoms with Crippen LogP contribution in [0, 0.1) is 10.1 Å². The van der Waals surface area contributed by atoms with Gasteiger partial charge in [-0.3, -0.25) is 20.3 Å². The summed E-state index contributed by atoms with van der Waals surface area (Å²) in [5.74, 6) is 1.79. The third-order valence-electron chi connectivity index (χ3n) is 5.27. The van der Waals surface area contributed by atoms with E-state index in [4.69, 9.17) is 9.47 Å². The van der Waals surface area contributed by atoms with Crippen LogP contribution in [0.15, 0.2) is 24.4 Å². The number of methoxy groups -OCH3 is 2. The number of aromatic nitrogens is 4. The minimum atomic E-state index is -0.443. The molecule has 146 valence electrons. The molecule has 0 saturated carbocycles. The first-order chi connectivity index (χ1) is 13.6. The number of aromatic amines is 2. The van der Waals surface area contributed by atoms with Gasteiger partial charge in [-0.1, -0.05) is 0 Å². The molecule has 28 heavy (non-hydrogen) atoms. The minimum absolute atomic E-state index is 0.0624. The Bertz CT molecular complexity index is 987. The van der Waals surface area contributed by atoms with Crippen molar-refractivity contribution in [1.29, 1.82) is 0 Å². The summed E-state index contributed by atoms with van der Waals surface area (Å²) in [6, 6.07) is 5.93. The Morgan fingerprint density at radius 1 is 1.14 bits per heavy atom. The number of H-pyrrole nitrogens is 2. The van der Waals surface area contributed by atoms with Crippen molar-refractivity contribution in [3.8, 4) is 22.9 Å². The van der Waals surface area contributed by atoms with Gasteiger partial charge in [-0.05, 0) is 49.3 Å². The molecule has 9 nitrogen and oxygen atoms in total. The van der Waals surface area contributed by atoms with Crippen LogP contribution in [0.2, 0.25) is 0 Å². The van der Waals surface area contributed by atoms with Crippen molar-refractivity contribution >= 4 is 5.69 Å². The van der Waals surface area contributed by atoms with Crippen LogP contribution in [0.1, 0.15) is 35.6 Å². The maximum Gasteiger partial charge on any atom is 0.316 e. The minimum Gasteiger partial charge on any atom is -0.497 e. The van der Waals surface area contributed by atoms with Crippen molar-refractivity contribution in [2.24, 2.45) is 0 Å². The molecule has 0 aliphatic heterocycles. The van der Waals surface area contributed by atoms with Crippen LogP contribution in [0.5, 0.6) is 11.5 Å². The molecular weight excluding hydrogens is 362 g/mol. The third kappa shape index (κ3) is 3.19. The zero-order valence-corrected chi connectivity index (χ0v) is 15.7. The van der Waals surface area contributed by atoms with E-state index in [9.17, 15) is 10.1 Å². The number of rotatable bonds is 5. The first kappa shape index (κ1) is 18.0. The smallest absolute Gasteiger partial charge is 0.316 e. The van der Waals surface area contributed by atoms with E-state index in [-0.39, 0.29) is 17.3 Å². The van der Waals surface area contributed by atoms with Gasteiger partial charge in [0, 0.05) is 17.3 Å². The monoisotopic (exact) mass is 383 g/mol. The summed E-state index contributed by atoms with van der Waals surface area (Å²) in [5.41, 5.74) is 3.93. The fourth-order valence-electron chi connectivity index (χ4n) is 3.86. The first-order valence-electron chi connectivity index (χ1n) is 9.08. The van der Waals surface area contributed by atoms with E-state index in [0.29, 0.717) is 5.69 Å². The average molecular weight is 383 g/mol. The average Bonchev–Trinajstić information content (AvgIpc) is 3.28. The normalized spacial score (nSPS) is 16.3. The van der Waals surface area contributed by atoms with Crippen LogP contribution >= 0.6 is 0 Å². The van der Waals surface area contributed by atoms with E-state index < -0.39 is 4.92 Å². The summed E-state index contributed by atoms with van der Waals surface area (Å²) in [4.78, 5) is 10.8. The molecule has 1 aliphatic rings. The highest BCUT2D eigenvalue weighted by Gasteiger charge is 2.28. The quantitative estimate of drug-likeness (QED) is 0.396. The Morgan fingerprint density at radius 3 is 2.57 bits per heavy atom. The van der Waals surface area contributed by atoms with Gasteiger partial charge in [0.2, 0.25) is 0 Å². The molecule has 2 N–H and O–H groups in total. The van der Waals surface area contributed by atoms with Crippen LogP contribution in [0.25, 0.3) is 11.4 Å². The third-order valence-corrected chi connectivity index (χ3v) is 5.27. The second-order valence-electron chi connectivity index (χ2n) is 6.84. The van der Waals surface area contributed by atoms with E-state index in [1.165, 1.54) is 6.20 Å². The molecule has 2 aromatic heterocycles. The molecule has 0 radical (unpaired) electrons. The molecule has 0 amide bonds. The van der Waals surface area contributed by atoms with Gasteiger partial charge >= 0.3 is 5.69 Å². The number of hydrogen-bond donors (Lipinski definition) is 2. The Balaban J connectivity index is 1.68. The number of ether oxygens (including phenoxy) is 2. The van der Waals surface area contributed by atoms with Gasteiger partial charge in [0.1, 0.15) is 23.4 Å². The summed E-state index contributed by atoms with van der Waals surface area (Å²) in [6.07, 6.45) is 4.78. The molecule has 0 fully saturated rings. The van der Waals surface area contributed by atoms with Gasteiger partial charge in [-0.15, -0.1) is 0 Å². The second-order valence-corrected chi connectivity index (χ2v) is 6.84. The SMILES string of the molecule is COc1cc(OC)cc(C2CCCc3c(-c4n[nH]cc4[N+](=O)[O-])n[nH]c3C2)c1. The Hall–Kier alpha value is -3.36. The topological polar surface area (TPSA) is 119 Å². The van der Waals surface area contributed by atoms with Gasteiger partial charge in [0.15, 0.2) is 5.69 Å². The molecule has 1 unspecified atom stereocenters. The van der Waals surface area contributed by atoms with E-state index in [1.54, 1.807) is 14.2 Å². The van der Waals surface area contributed by atoms with Crippen LogP contribution in [0.4, 0.5) is 5.69 Å². The number of nitro groups is 1. The van der Waals surface area contributed by atoms with E-state index in [1.807, 2.05) is 18.2 Å². The summed E-state index contributed by atoms with van der Waals surface area (Å²) in [5, 5.41) is 25.3. The lowest BCUT2D eigenvalue weighted by Crippen LogP contribution is -2.03. The van der Waals surface area contributed by atoms with Crippen molar-refractivity contribution in [2.75, 3.05) is 14.2 Å². The summed E-state index contributed by atoms with van der Waals surface area (Å²) in [7, 11) is 3.28. The molecular formula is C19H21N5O4. The van der Waals surface area contributed by atoms with Crippen molar-refractivity contribution in [2.45, 2.75) is 31.6 Å². The molecule has 2 heterocycles. The first-order valence-corrected chi connectivity index (χ1v) is 9.08. The lowest BCUT2D eigenvalue weighted by Gasteiger charge is -2.17. The Kier molecular flexibility index (Phi) is 4.72. The van der Waals surface area contributed by atoms with Gasteiger partial charge in [0.05, 0.1) is 19.1 Å². The van der Waals surface area contributed by atoms with Gasteiger partial charge in [0.25, 0.3) is 0 Å². The summed E-state index contributed by atoms with van der Waals surface area (Å²) >= 11 is 0. The highest BCUT2D eigenvalue weighted by atomic mass is 16.6. The van der Waals surface area contributed by atoms with Crippen LogP contribution in [0.3, 0.4) is 0 Å². The number of nitrogens with one attached hydrogen (secondary N) is 2. The van der Waals surface area contributed by atoms with Crippen molar-refractivity contribution in [1.82, 2.24) is 20.4 Å². The Morgan fingerprint density at radius 2 is 1.89 bits per heavy atom. The molecule has 1 aliphatic carbocycles. The van der Waals surface area contributed by atoms with E-state index in [0.717, 1.165) is 54.0 Å². The molecule has 0 spiro atoms. The van der Waals surface area contributed by atoms with Gasteiger partial charge < -0.3 is 9.47 Å². The van der Waals surface area contributed by atoms with Crippen LogP contribution in [-0.2, 0) is 12.8 Å². The van der Waals surface area contributed by atoms with Crippen LogP contribution in [-0.4, -0.2) is 39.5 Å². The van der Waals surface area contributed by atoms with Crippen molar-refractivity contribution < 1.29 is 14.4 Å². The zero-order chi connectivity index (χ0) is 19.7.